The summed E-state index contributed by atoms with van der Waals surface area (Å²) in [5.74, 6) is 0. The largest absolute Gasteiger partial charge is 0.744 e. The first-order valence-corrected chi connectivity index (χ1v) is 15.2. The summed E-state index contributed by atoms with van der Waals surface area (Å²) >= 11 is 0. The van der Waals surface area contributed by atoms with Crippen LogP contribution in [-0.4, -0.2) is 53.9 Å². The zero-order valence-electron chi connectivity index (χ0n) is 19.8. The first-order chi connectivity index (χ1) is 18.6. The van der Waals surface area contributed by atoms with Gasteiger partial charge in [-0.25, -0.2) is 25.3 Å². The molecule has 2 N–H and O–H groups in total. The minimum absolute atomic E-state index is 0.0246. The molecule has 40 heavy (non-hydrogen) atoms. The number of hydrogen-bond acceptors (Lipinski definition) is 12. The lowest BCUT2D eigenvalue weighted by atomic mass is 10.1. The summed E-state index contributed by atoms with van der Waals surface area (Å²) in [5.41, 5.74) is 5.96. The molecule has 4 aromatic carbocycles. The maximum absolute atomic E-state index is 12.1. The van der Waals surface area contributed by atoms with Crippen LogP contribution < -0.4 is 5.73 Å². The zero-order chi connectivity index (χ0) is 29.0. The van der Waals surface area contributed by atoms with Gasteiger partial charge in [0.2, 0.25) is 0 Å². The van der Waals surface area contributed by atoms with Crippen molar-refractivity contribution in [3.05, 3.63) is 77.9 Å². The smallest absolute Gasteiger partial charge is 0.125 e. The van der Waals surface area contributed by atoms with Crippen LogP contribution in [0.3, 0.4) is 0 Å². The van der Waals surface area contributed by atoms with Crippen LogP contribution in [0, 0.1) is 0 Å². The van der Waals surface area contributed by atoms with Crippen LogP contribution in [0.5, 0.6) is 0 Å². The van der Waals surface area contributed by atoms with E-state index in [0.29, 0.717) is 5.39 Å². The highest BCUT2D eigenvalue weighted by Crippen LogP contribution is 2.30. The number of aromatic nitrogens is 3. The second-order valence-electron chi connectivity index (χ2n) is 8.49. The zero-order valence-corrected chi connectivity index (χ0v) is 22.3. The van der Waals surface area contributed by atoms with E-state index in [9.17, 15) is 38.9 Å². The predicted molar refractivity (Wildman–Crippen MR) is 140 cm³/mol. The molecule has 0 bridgehead atoms. The molecule has 0 saturated carbocycles. The molecule has 16 heteroatoms. The molecule has 0 spiro atoms. The highest BCUT2D eigenvalue weighted by atomic mass is 32.2. The molecule has 0 fully saturated rings. The first-order valence-electron chi connectivity index (χ1n) is 11.0. The fraction of sp³-hybridized carbons (Fsp3) is 0. The Balaban J connectivity index is 1.63. The lowest BCUT2D eigenvalue weighted by Crippen LogP contribution is -2.05. The second kappa shape index (κ2) is 9.47. The van der Waals surface area contributed by atoms with Crippen molar-refractivity contribution in [3.63, 3.8) is 0 Å². The van der Waals surface area contributed by atoms with Crippen molar-refractivity contribution in [2.75, 3.05) is 5.73 Å². The summed E-state index contributed by atoms with van der Waals surface area (Å²) in [6.45, 7) is 0. The molecule has 0 amide bonds. The fourth-order valence-corrected chi connectivity index (χ4v) is 6.21. The van der Waals surface area contributed by atoms with Crippen molar-refractivity contribution in [1.29, 1.82) is 0 Å². The molecule has 0 aliphatic rings. The van der Waals surface area contributed by atoms with Crippen molar-refractivity contribution >= 4 is 70.0 Å². The molecule has 5 aromatic rings. The number of benzene rings is 4. The quantitative estimate of drug-likeness (QED) is 0.168. The third-order valence-corrected chi connectivity index (χ3v) is 8.56. The molecule has 1 aromatic heterocycles. The van der Waals surface area contributed by atoms with Gasteiger partial charge in [0.1, 0.15) is 41.4 Å². The molecule has 206 valence electrons. The number of hydrogen-bond donors (Lipinski definition) is 1. The third-order valence-electron chi connectivity index (χ3n) is 5.89. The molecule has 0 aliphatic heterocycles. The summed E-state index contributed by atoms with van der Waals surface area (Å²) in [5, 5.41) is 9.01. The van der Waals surface area contributed by atoms with E-state index >= 15 is 0 Å². The standard InChI is InChI=1S/C24H18N4O9S3/c25-16-8-6-14(22(12-16)39(32,33)34)4-5-15-7-9-17(13-23(15)40(35,36)37)28-26-20-11-10-18-19(24(20)27-28)2-1-3-21(18)38(29,30)31/h1-13H,25H2,(H,29,30,31)(H,32,33,34)(H,35,36,37)/p-3/b5-4-. The molecule has 0 radical (unpaired) electrons. The van der Waals surface area contributed by atoms with E-state index in [1.54, 1.807) is 6.07 Å². The van der Waals surface area contributed by atoms with Crippen molar-refractivity contribution < 1.29 is 38.9 Å². The van der Waals surface area contributed by atoms with Crippen molar-refractivity contribution in [1.82, 2.24) is 15.0 Å². The molecule has 0 unspecified atom stereocenters. The van der Waals surface area contributed by atoms with Gasteiger partial charge in [-0.3, -0.25) is 0 Å². The van der Waals surface area contributed by atoms with E-state index in [-0.39, 0.29) is 38.9 Å². The maximum atomic E-state index is 12.1. The number of nitrogen functional groups attached to an aromatic ring is 1. The lowest BCUT2D eigenvalue weighted by Gasteiger charge is -2.13. The maximum Gasteiger partial charge on any atom is 0.125 e. The Hall–Kier alpha value is -4.19. The van der Waals surface area contributed by atoms with Crippen LogP contribution in [-0.2, 0) is 30.4 Å². The average Bonchev–Trinajstić information content (AvgIpc) is 3.31. The highest BCUT2D eigenvalue weighted by Gasteiger charge is 2.16. The van der Waals surface area contributed by atoms with Crippen LogP contribution in [0.15, 0.2) is 81.4 Å². The van der Waals surface area contributed by atoms with E-state index in [0.717, 1.165) is 29.1 Å². The number of nitrogens with two attached hydrogens (primary N) is 1. The summed E-state index contributed by atoms with van der Waals surface area (Å²) in [6.07, 6.45) is 2.31. The number of anilines is 1. The molecule has 13 nitrogen and oxygen atoms in total. The topological polar surface area (TPSA) is 228 Å². The summed E-state index contributed by atoms with van der Waals surface area (Å²) in [7, 11) is -14.8. The highest BCUT2D eigenvalue weighted by molar-refractivity contribution is 7.86. The number of nitrogens with zero attached hydrogens (tertiary/aromatic N) is 3. The predicted octanol–water partition coefficient (Wildman–Crippen LogP) is 2.04. The summed E-state index contributed by atoms with van der Waals surface area (Å²) in [6, 6.07) is 14.1. The SMILES string of the molecule is Nc1ccc(/C=C\c2ccc(-n3nc4ccc5c(S(=O)(=O)[O-])cccc5c4n3)cc2S(=O)(=O)[O-])c(S(=O)(=O)[O-])c1. The van der Waals surface area contributed by atoms with Crippen molar-refractivity contribution in [2.45, 2.75) is 14.7 Å². The van der Waals surface area contributed by atoms with Gasteiger partial charge in [-0.05, 0) is 47.5 Å². The van der Waals surface area contributed by atoms with Crippen LogP contribution in [0.2, 0.25) is 0 Å². The molecular weight excluding hydrogens is 584 g/mol. The van der Waals surface area contributed by atoms with Crippen LogP contribution >= 0.6 is 0 Å². The van der Waals surface area contributed by atoms with E-state index in [4.69, 9.17) is 5.73 Å². The Labute approximate surface area is 227 Å². The van der Waals surface area contributed by atoms with Gasteiger partial charge in [-0.2, -0.15) is 4.80 Å². The normalized spacial score (nSPS) is 13.0. The minimum Gasteiger partial charge on any atom is -0.744 e. The Morgan fingerprint density at radius 2 is 1.25 bits per heavy atom. The molecule has 0 atom stereocenters. The lowest BCUT2D eigenvalue weighted by molar-refractivity contribution is 0.460. The Morgan fingerprint density at radius 3 is 1.88 bits per heavy atom. The minimum atomic E-state index is -5.07. The van der Waals surface area contributed by atoms with Gasteiger partial charge >= 0.3 is 0 Å². The first kappa shape index (κ1) is 27.4. The number of fused-ring (bicyclic) bond motifs is 3. The van der Waals surface area contributed by atoms with Gasteiger partial charge in [0.25, 0.3) is 0 Å². The Morgan fingerprint density at radius 1 is 0.650 bits per heavy atom. The van der Waals surface area contributed by atoms with Crippen molar-refractivity contribution in [3.8, 4) is 5.69 Å². The monoisotopic (exact) mass is 599 g/mol. The Kier molecular flexibility index (Phi) is 6.48. The summed E-state index contributed by atoms with van der Waals surface area (Å²) in [4.78, 5) is -0.716. The van der Waals surface area contributed by atoms with Gasteiger partial charge in [0.15, 0.2) is 0 Å². The van der Waals surface area contributed by atoms with Gasteiger partial charge in [-0.1, -0.05) is 42.5 Å². The molecular formula is C24H15N4O9S3-3. The van der Waals surface area contributed by atoms with Crippen molar-refractivity contribution in [2.24, 2.45) is 0 Å². The Bertz CT molecular complexity index is 2210. The third kappa shape index (κ3) is 5.18. The molecule has 1 heterocycles. The van der Waals surface area contributed by atoms with Crippen LogP contribution in [0.1, 0.15) is 11.1 Å². The van der Waals surface area contributed by atoms with Gasteiger partial charge in [0.05, 0.1) is 20.4 Å². The van der Waals surface area contributed by atoms with E-state index in [1.165, 1.54) is 48.5 Å². The number of rotatable bonds is 6. The molecule has 0 saturated heterocycles. The van der Waals surface area contributed by atoms with Gasteiger partial charge in [-0.15, -0.1) is 10.2 Å². The van der Waals surface area contributed by atoms with Crippen LogP contribution in [0.25, 0.3) is 39.6 Å². The summed E-state index contributed by atoms with van der Waals surface area (Å²) < 4.78 is 106. The fourth-order valence-electron chi connectivity index (χ4n) is 4.13. The average molecular weight is 600 g/mol. The van der Waals surface area contributed by atoms with Crippen LogP contribution in [0.4, 0.5) is 5.69 Å². The van der Waals surface area contributed by atoms with Gasteiger partial charge in [0, 0.05) is 16.5 Å². The van der Waals surface area contributed by atoms with E-state index in [2.05, 4.69) is 10.2 Å². The van der Waals surface area contributed by atoms with Gasteiger partial charge < -0.3 is 19.4 Å². The molecule has 5 rings (SSSR count). The van der Waals surface area contributed by atoms with E-state index in [1.807, 2.05) is 0 Å². The second-order valence-corrected chi connectivity index (χ2v) is 12.5. The molecule has 0 aliphatic carbocycles. The van der Waals surface area contributed by atoms with E-state index < -0.39 is 45.0 Å².